The summed E-state index contributed by atoms with van der Waals surface area (Å²) in [5.41, 5.74) is 2.98. The molecule has 7 nitrogen and oxygen atoms in total. The summed E-state index contributed by atoms with van der Waals surface area (Å²) in [5, 5.41) is 23.2. The topological polar surface area (TPSA) is 99.1 Å². The van der Waals surface area contributed by atoms with Gasteiger partial charge in [0.05, 0.1) is 13.2 Å². The van der Waals surface area contributed by atoms with Gasteiger partial charge in [-0.3, -0.25) is 14.5 Å². The van der Waals surface area contributed by atoms with Crippen LogP contribution in [0.2, 0.25) is 0 Å². The summed E-state index contributed by atoms with van der Waals surface area (Å²) in [7, 11) is 1.53. The minimum atomic E-state index is -1.07. The number of aliphatic hydroxyl groups is 1. The Labute approximate surface area is 219 Å². The average Bonchev–Trinajstić information content (AvgIpc) is 3.23. The highest BCUT2D eigenvalue weighted by Crippen LogP contribution is 2.35. The second kappa shape index (κ2) is 12.1. The second-order valence-electron chi connectivity index (χ2n) is 9.41. The maximum Gasteiger partial charge on any atom is 0.303 e. The van der Waals surface area contributed by atoms with Gasteiger partial charge in [-0.05, 0) is 53.4 Å². The van der Waals surface area contributed by atoms with Crippen LogP contribution in [0.25, 0.3) is 0 Å². The highest BCUT2D eigenvalue weighted by molar-refractivity contribution is 5.83. The molecule has 3 aromatic rings. The van der Waals surface area contributed by atoms with Gasteiger partial charge in [0.1, 0.15) is 23.4 Å². The molecule has 3 N–H and O–H groups in total. The van der Waals surface area contributed by atoms with Crippen LogP contribution in [0.4, 0.5) is 8.78 Å². The Hall–Kier alpha value is -3.82. The van der Waals surface area contributed by atoms with E-state index in [1.54, 1.807) is 36.4 Å². The number of methoxy groups -OCH3 is 1. The molecule has 38 heavy (non-hydrogen) atoms. The van der Waals surface area contributed by atoms with Crippen molar-refractivity contribution in [2.45, 2.75) is 44.0 Å². The quantitative estimate of drug-likeness (QED) is 0.375. The number of carboxylic acid groups (broad SMARTS) is 1. The van der Waals surface area contributed by atoms with Crippen molar-refractivity contribution < 1.29 is 33.3 Å². The van der Waals surface area contributed by atoms with E-state index < -0.39 is 35.8 Å². The SMILES string of the molecule is COc1ccc(CCC(=O)O)cc1CN1C[C@H](c2ccc(F)cc2)[C@@H](O)[C@H]1C(=O)NCc1ccc(F)cc1. The molecule has 0 spiro atoms. The highest BCUT2D eigenvalue weighted by atomic mass is 19.1. The van der Waals surface area contributed by atoms with E-state index in [-0.39, 0.29) is 25.3 Å². The number of aryl methyl sites for hydroxylation is 1. The van der Waals surface area contributed by atoms with E-state index in [0.717, 1.165) is 11.1 Å². The molecule has 0 bridgehead atoms. The Balaban J connectivity index is 1.59. The number of carbonyl (C=O) groups excluding carboxylic acids is 1. The van der Waals surface area contributed by atoms with E-state index in [1.165, 1.54) is 31.4 Å². The molecule has 0 aliphatic carbocycles. The molecule has 1 fully saturated rings. The third-order valence-corrected chi connectivity index (χ3v) is 6.85. The van der Waals surface area contributed by atoms with Crippen LogP contribution in [0.1, 0.15) is 34.6 Å². The van der Waals surface area contributed by atoms with Crippen LogP contribution in [0, 0.1) is 11.6 Å². The molecular weight excluding hydrogens is 494 g/mol. The molecule has 1 amide bonds. The van der Waals surface area contributed by atoms with Crippen LogP contribution in [0.5, 0.6) is 5.75 Å². The first-order valence-electron chi connectivity index (χ1n) is 12.3. The number of amides is 1. The Morgan fingerprint density at radius 2 is 1.63 bits per heavy atom. The number of ether oxygens (including phenoxy) is 1. The standard InChI is InChI=1S/C29H30F2N2O5/c1-38-25-12-4-18(5-13-26(34)35)14-21(25)16-33-17-24(20-6-10-23(31)11-7-20)28(36)27(33)29(37)32-15-19-2-8-22(30)9-3-19/h2-4,6-12,14,24,27-28,36H,5,13,15-17H2,1H3,(H,32,37)(H,34,35)/t24-,27+,28-/m1/s1. The van der Waals surface area contributed by atoms with E-state index in [4.69, 9.17) is 9.84 Å². The molecule has 3 atom stereocenters. The van der Waals surface area contributed by atoms with E-state index in [0.29, 0.717) is 29.8 Å². The zero-order chi connectivity index (χ0) is 27.2. The molecule has 0 aromatic heterocycles. The number of hydrogen-bond acceptors (Lipinski definition) is 5. The predicted molar refractivity (Wildman–Crippen MR) is 137 cm³/mol. The van der Waals surface area contributed by atoms with Crippen molar-refractivity contribution in [2.75, 3.05) is 13.7 Å². The Kier molecular flexibility index (Phi) is 8.70. The van der Waals surface area contributed by atoms with Gasteiger partial charge in [-0.25, -0.2) is 8.78 Å². The van der Waals surface area contributed by atoms with Crippen LogP contribution in [-0.4, -0.2) is 52.8 Å². The minimum Gasteiger partial charge on any atom is -0.496 e. The van der Waals surface area contributed by atoms with Crippen LogP contribution in [0.15, 0.2) is 66.7 Å². The van der Waals surface area contributed by atoms with Gasteiger partial charge in [0.25, 0.3) is 0 Å². The lowest BCUT2D eigenvalue weighted by Crippen LogP contribution is -2.47. The van der Waals surface area contributed by atoms with Crippen molar-refractivity contribution in [2.24, 2.45) is 0 Å². The number of aliphatic hydroxyl groups excluding tert-OH is 1. The van der Waals surface area contributed by atoms with Gasteiger partial charge in [0.15, 0.2) is 0 Å². The lowest BCUT2D eigenvalue weighted by molar-refractivity contribution is -0.137. The molecule has 0 saturated carbocycles. The number of hydrogen-bond donors (Lipinski definition) is 3. The normalized spacial score (nSPS) is 19.3. The summed E-state index contributed by atoms with van der Waals surface area (Å²) in [6.07, 6.45) is -0.751. The molecule has 9 heteroatoms. The second-order valence-corrected chi connectivity index (χ2v) is 9.41. The van der Waals surface area contributed by atoms with Crippen molar-refractivity contribution in [1.82, 2.24) is 10.2 Å². The van der Waals surface area contributed by atoms with Crippen molar-refractivity contribution >= 4 is 11.9 Å². The van der Waals surface area contributed by atoms with Gasteiger partial charge < -0.3 is 20.3 Å². The van der Waals surface area contributed by atoms with Crippen LogP contribution >= 0.6 is 0 Å². The number of carboxylic acids is 1. The number of nitrogens with one attached hydrogen (secondary N) is 1. The molecular formula is C29H30F2N2O5. The van der Waals surface area contributed by atoms with E-state index in [9.17, 15) is 23.5 Å². The largest absolute Gasteiger partial charge is 0.496 e. The summed E-state index contributed by atoms with van der Waals surface area (Å²) >= 11 is 0. The molecule has 0 radical (unpaired) electrons. The summed E-state index contributed by atoms with van der Waals surface area (Å²) < 4.78 is 32.3. The van der Waals surface area contributed by atoms with E-state index >= 15 is 0 Å². The third kappa shape index (κ3) is 6.54. The number of halogens is 2. The highest BCUT2D eigenvalue weighted by Gasteiger charge is 2.45. The van der Waals surface area contributed by atoms with Crippen molar-refractivity contribution in [1.29, 1.82) is 0 Å². The number of aliphatic carboxylic acids is 1. The summed E-state index contributed by atoms with van der Waals surface area (Å²) in [6.45, 7) is 0.739. The van der Waals surface area contributed by atoms with E-state index in [2.05, 4.69) is 5.32 Å². The summed E-state index contributed by atoms with van der Waals surface area (Å²) in [4.78, 5) is 26.3. The molecule has 1 aliphatic rings. The van der Waals surface area contributed by atoms with Gasteiger partial charge in [-0.2, -0.15) is 0 Å². The maximum atomic E-state index is 13.5. The lowest BCUT2D eigenvalue weighted by atomic mass is 9.93. The van der Waals surface area contributed by atoms with Crippen LogP contribution in [-0.2, 0) is 29.1 Å². The fourth-order valence-corrected chi connectivity index (χ4v) is 4.88. The number of rotatable bonds is 10. The zero-order valence-electron chi connectivity index (χ0n) is 20.9. The molecule has 3 aromatic carbocycles. The van der Waals surface area contributed by atoms with Gasteiger partial charge in [-0.1, -0.05) is 36.4 Å². The van der Waals surface area contributed by atoms with Crippen molar-refractivity contribution in [3.05, 3.63) is 101 Å². The Morgan fingerprint density at radius 1 is 1.00 bits per heavy atom. The smallest absolute Gasteiger partial charge is 0.303 e. The molecule has 200 valence electrons. The molecule has 1 heterocycles. The van der Waals surface area contributed by atoms with Crippen LogP contribution in [0.3, 0.4) is 0 Å². The minimum absolute atomic E-state index is 0.0186. The van der Waals surface area contributed by atoms with Crippen LogP contribution < -0.4 is 10.1 Å². The molecule has 4 rings (SSSR count). The number of carbonyl (C=O) groups is 2. The first-order chi connectivity index (χ1) is 18.2. The maximum absolute atomic E-state index is 13.5. The fraction of sp³-hybridized carbons (Fsp3) is 0.310. The van der Waals surface area contributed by atoms with Gasteiger partial charge in [0.2, 0.25) is 5.91 Å². The lowest BCUT2D eigenvalue weighted by Gasteiger charge is -2.26. The van der Waals surface area contributed by atoms with Crippen molar-refractivity contribution in [3.63, 3.8) is 0 Å². The Bertz CT molecular complexity index is 1270. The van der Waals surface area contributed by atoms with Gasteiger partial charge in [-0.15, -0.1) is 0 Å². The fourth-order valence-electron chi connectivity index (χ4n) is 4.88. The number of nitrogens with zero attached hydrogens (tertiary/aromatic N) is 1. The first-order valence-corrected chi connectivity index (χ1v) is 12.3. The summed E-state index contributed by atoms with van der Waals surface area (Å²) in [6, 6.07) is 16.1. The van der Waals surface area contributed by atoms with Crippen molar-refractivity contribution in [3.8, 4) is 5.75 Å². The molecule has 1 saturated heterocycles. The first kappa shape index (κ1) is 27.2. The zero-order valence-corrected chi connectivity index (χ0v) is 20.9. The molecule has 0 unspecified atom stereocenters. The summed E-state index contributed by atoms with van der Waals surface area (Å²) in [5.74, 6) is -1.93. The number of likely N-dealkylation sites (tertiary alicyclic amines) is 1. The predicted octanol–water partition coefficient (Wildman–Crippen LogP) is 3.64. The van der Waals surface area contributed by atoms with Gasteiger partial charge >= 0.3 is 5.97 Å². The third-order valence-electron chi connectivity index (χ3n) is 6.85. The monoisotopic (exact) mass is 524 g/mol. The average molecular weight is 525 g/mol. The number of benzene rings is 3. The van der Waals surface area contributed by atoms with E-state index in [1.807, 2.05) is 11.0 Å². The van der Waals surface area contributed by atoms with Gasteiger partial charge in [0, 0.05) is 37.5 Å². The Morgan fingerprint density at radius 3 is 2.26 bits per heavy atom. The molecule has 1 aliphatic heterocycles.